The second-order valence-electron chi connectivity index (χ2n) is 2.95. The number of carbonyl (C=O) groups is 1. The van der Waals surface area contributed by atoms with E-state index >= 15 is 0 Å². The van der Waals surface area contributed by atoms with Crippen LogP contribution in [0.2, 0.25) is 0 Å². The minimum absolute atomic E-state index is 0.152. The Morgan fingerprint density at radius 2 is 2.55 bits per heavy atom. The molecule has 3 heteroatoms. The fraction of sp³-hybridized carbons (Fsp3) is 0.875. The minimum atomic E-state index is 0.152. The van der Waals surface area contributed by atoms with E-state index in [4.69, 9.17) is 0 Å². The van der Waals surface area contributed by atoms with Crippen molar-refractivity contribution in [2.45, 2.75) is 32.2 Å². The predicted molar refractivity (Wildman–Crippen MR) is 44.3 cm³/mol. The molecule has 0 radical (unpaired) electrons. The van der Waals surface area contributed by atoms with Crippen LogP contribution in [-0.2, 0) is 4.79 Å². The van der Waals surface area contributed by atoms with Gasteiger partial charge in [-0.15, -0.1) is 0 Å². The molecule has 1 fully saturated rings. The third-order valence-electron chi connectivity index (χ3n) is 2.03. The fourth-order valence-electron chi connectivity index (χ4n) is 1.29. The predicted octanol–water partition coefficient (Wildman–Crippen LogP) is 0.265. The number of hydrogen-bond acceptors (Lipinski definition) is 2. The molecule has 11 heavy (non-hydrogen) atoms. The molecule has 1 heterocycles. The summed E-state index contributed by atoms with van der Waals surface area (Å²) in [6.07, 6.45) is 3.03. The van der Waals surface area contributed by atoms with E-state index in [0.29, 0.717) is 12.5 Å². The standard InChI is InChI=1S/C8H16N2O/c1-2-8(11)10-6-7-4-3-5-9-7/h7,9H,2-6H2,1H3,(H,10,11). The van der Waals surface area contributed by atoms with E-state index in [9.17, 15) is 4.79 Å². The summed E-state index contributed by atoms with van der Waals surface area (Å²) in [5.74, 6) is 0.152. The van der Waals surface area contributed by atoms with Crippen LogP contribution in [0.4, 0.5) is 0 Å². The highest BCUT2D eigenvalue weighted by molar-refractivity contribution is 5.75. The topological polar surface area (TPSA) is 41.1 Å². The molecule has 0 saturated carbocycles. The molecule has 1 unspecified atom stereocenters. The maximum absolute atomic E-state index is 10.8. The Bertz CT molecular complexity index is 130. The van der Waals surface area contributed by atoms with E-state index in [2.05, 4.69) is 10.6 Å². The molecular weight excluding hydrogens is 140 g/mol. The lowest BCUT2D eigenvalue weighted by Gasteiger charge is -2.10. The van der Waals surface area contributed by atoms with Gasteiger partial charge in [-0.25, -0.2) is 0 Å². The summed E-state index contributed by atoms with van der Waals surface area (Å²) in [5.41, 5.74) is 0. The molecule has 1 saturated heterocycles. The third-order valence-corrected chi connectivity index (χ3v) is 2.03. The average molecular weight is 156 g/mol. The molecule has 0 bridgehead atoms. The van der Waals surface area contributed by atoms with Gasteiger partial charge in [-0.2, -0.15) is 0 Å². The number of carbonyl (C=O) groups excluding carboxylic acids is 1. The van der Waals surface area contributed by atoms with Crippen molar-refractivity contribution in [2.24, 2.45) is 0 Å². The molecule has 64 valence electrons. The van der Waals surface area contributed by atoms with Crippen LogP contribution in [0.15, 0.2) is 0 Å². The van der Waals surface area contributed by atoms with Gasteiger partial charge in [0.15, 0.2) is 0 Å². The van der Waals surface area contributed by atoms with Gasteiger partial charge >= 0.3 is 0 Å². The monoisotopic (exact) mass is 156 g/mol. The van der Waals surface area contributed by atoms with Gasteiger partial charge in [0.25, 0.3) is 0 Å². The summed E-state index contributed by atoms with van der Waals surface area (Å²) in [4.78, 5) is 10.8. The molecule has 1 aliphatic rings. The highest BCUT2D eigenvalue weighted by atomic mass is 16.1. The Morgan fingerprint density at radius 3 is 3.09 bits per heavy atom. The van der Waals surface area contributed by atoms with Crippen LogP contribution in [0.25, 0.3) is 0 Å². The molecule has 0 spiro atoms. The molecule has 1 amide bonds. The van der Waals surface area contributed by atoms with Crippen LogP contribution < -0.4 is 10.6 Å². The number of amides is 1. The smallest absolute Gasteiger partial charge is 0.219 e. The second kappa shape index (κ2) is 4.34. The largest absolute Gasteiger partial charge is 0.355 e. The third kappa shape index (κ3) is 2.89. The van der Waals surface area contributed by atoms with E-state index in [-0.39, 0.29) is 5.91 Å². The van der Waals surface area contributed by atoms with Gasteiger partial charge < -0.3 is 10.6 Å². The van der Waals surface area contributed by atoms with Crippen molar-refractivity contribution in [1.29, 1.82) is 0 Å². The van der Waals surface area contributed by atoms with Crippen LogP contribution in [0.3, 0.4) is 0 Å². The Balaban J connectivity index is 2.06. The van der Waals surface area contributed by atoms with Crippen LogP contribution in [-0.4, -0.2) is 25.0 Å². The fourth-order valence-corrected chi connectivity index (χ4v) is 1.29. The zero-order valence-electron chi connectivity index (χ0n) is 7.02. The zero-order chi connectivity index (χ0) is 8.10. The molecule has 0 aromatic carbocycles. The van der Waals surface area contributed by atoms with Gasteiger partial charge in [0.2, 0.25) is 5.91 Å². The van der Waals surface area contributed by atoms with E-state index in [0.717, 1.165) is 13.1 Å². The summed E-state index contributed by atoms with van der Waals surface area (Å²) in [7, 11) is 0. The maximum atomic E-state index is 10.8. The Labute approximate surface area is 67.5 Å². The average Bonchev–Trinajstić information content (AvgIpc) is 2.52. The molecule has 1 rings (SSSR count). The van der Waals surface area contributed by atoms with Crippen molar-refractivity contribution < 1.29 is 4.79 Å². The normalized spacial score (nSPS) is 23.5. The lowest BCUT2D eigenvalue weighted by Crippen LogP contribution is -2.36. The van der Waals surface area contributed by atoms with Crippen molar-refractivity contribution in [3.8, 4) is 0 Å². The molecular formula is C8H16N2O. The first-order valence-corrected chi connectivity index (χ1v) is 4.33. The van der Waals surface area contributed by atoms with Crippen molar-refractivity contribution in [1.82, 2.24) is 10.6 Å². The molecule has 1 atom stereocenters. The van der Waals surface area contributed by atoms with Crippen LogP contribution in [0.1, 0.15) is 26.2 Å². The Morgan fingerprint density at radius 1 is 1.73 bits per heavy atom. The van der Waals surface area contributed by atoms with Gasteiger partial charge in [0.1, 0.15) is 0 Å². The van der Waals surface area contributed by atoms with Crippen molar-refractivity contribution >= 4 is 5.91 Å². The summed E-state index contributed by atoms with van der Waals surface area (Å²) in [5, 5.41) is 6.19. The summed E-state index contributed by atoms with van der Waals surface area (Å²) < 4.78 is 0. The van der Waals surface area contributed by atoms with Gasteiger partial charge in [0, 0.05) is 19.0 Å². The second-order valence-corrected chi connectivity index (χ2v) is 2.95. The lowest BCUT2D eigenvalue weighted by molar-refractivity contribution is -0.120. The first-order valence-electron chi connectivity index (χ1n) is 4.33. The van der Waals surface area contributed by atoms with Crippen molar-refractivity contribution in [3.63, 3.8) is 0 Å². The molecule has 1 aliphatic heterocycles. The first kappa shape index (κ1) is 8.53. The van der Waals surface area contributed by atoms with E-state index in [1.54, 1.807) is 0 Å². The van der Waals surface area contributed by atoms with Crippen molar-refractivity contribution in [3.05, 3.63) is 0 Å². The molecule has 0 aromatic rings. The Hall–Kier alpha value is -0.570. The minimum Gasteiger partial charge on any atom is -0.355 e. The molecule has 0 aromatic heterocycles. The summed E-state index contributed by atoms with van der Waals surface area (Å²) >= 11 is 0. The molecule has 2 N–H and O–H groups in total. The van der Waals surface area contributed by atoms with Gasteiger partial charge in [-0.3, -0.25) is 4.79 Å². The molecule has 3 nitrogen and oxygen atoms in total. The van der Waals surface area contributed by atoms with E-state index < -0.39 is 0 Å². The SMILES string of the molecule is CCC(=O)NCC1CCCN1. The number of nitrogens with one attached hydrogen (secondary N) is 2. The van der Waals surface area contributed by atoms with Crippen LogP contribution >= 0.6 is 0 Å². The summed E-state index contributed by atoms with van der Waals surface area (Å²) in [6, 6.07) is 0.519. The first-order chi connectivity index (χ1) is 5.33. The highest BCUT2D eigenvalue weighted by Crippen LogP contribution is 2.02. The Kier molecular flexibility index (Phi) is 3.36. The van der Waals surface area contributed by atoms with E-state index in [1.165, 1.54) is 12.8 Å². The van der Waals surface area contributed by atoms with Gasteiger partial charge in [-0.05, 0) is 19.4 Å². The van der Waals surface area contributed by atoms with Gasteiger partial charge in [-0.1, -0.05) is 6.92 Å². The highest BCUT2D eigenvalue weighted by Gasteiger charge is 2.13. The number of rotatable bonds is 3. The van der Waals surface area contributed by atoms with Gasteiger partial charge in [0.05, 0.1) is 0 Å². The van der Waals surface area contributed by atoms with E-state index in [1.807, 2.05) is 6.92 Å². The van der Waals surface area contributed by atoms with Crippen LogP contribution in [0.5, 0.6) is 0 Å². The number of hydrogen-bond donors (Lipinski definition) is 2. The molecule has 0 aliphatic carbocycles. The van der Waals surface area contributed by atoms with Crippen molar-refractivity contribution in [2.75, 3.05) is 13.1 Å². The maximum Gasteiger partial charge on any atom is 0.219 e. The zero-order valence-corrected chi connectivity index (χ0v) is 7.02. The lowest BCUT2D eigenvalue weighted by atomic mass is 10.2. The van der Waals surface area contributed by atoms with Crippen LogP contribution in [0, 0.1) is 0 Å². The summed E-state index contributed by atoms with van der Waals surface area (Å²) in [6.45, 7) is 3.77. The quantitative estimate of drug-likeness (QED) is 0.615.